The van der Waals surface area contributed by atoms with Crippen LogP contribution in [0.4, 0.5) is 9.59 Å². The highest BCUT2D eigenvalue weighted by atomic mass is 35.5. The SMILES string of the molecule is CC(C)C1(C)C(=O)N(Cl)C(=O)N1Cl.CCCCC1(C)C(=O)N(Cl)C(=O)N1Cl. The molecule has 2 saturated heterocycles. The number of halogens is 4. The van der Waals surface area contributed by atoms with Crippen LogP contribution in [0.5, 0.6) is 0 Å². The fourth-order valence-corrected chi connectivity index (χ4v) is 3.67. The third-order valence-corrected chi connectivity index (χ3v) is 6.51. The van der Waals surface area contributed by atoms with Gasteiger partial charge in [-0.3, -0.25) is 9.59 Å². The first kappa shape index (κ1) is 24.1. The zero-order chi connectivity index (χ0) is 21.3. The van der Waals surface area contributed by atoms with Crippen LogP contribution in [0.3, 0.4) is 0 Å². The van der Waals surface area contributed by atoms with E-state index >= 15 is 0 Å². The number of carbonyl (C=O) groups is 4. The monoisotopic (exact) mass is 462 g/mol. The van der Waals surface area contributed by atoms with Crippen molar-refractivity contribution in [1.82, 2.24) is 17.7 Å². The molecule has 6 amide bonds. The molecule has 2 aliphatic rings. The summed E-state index contributed by atoms with van der Waals surface area (Å²) in [5.41, 5.74) is -2.03. The summed E-state index contributed by atoms with van der Waals surface area (Å²) in [6.07, 6.45) is 2.29. The van der Waals surface area contributed by atoms with Gasteiger partial charge >= 0.3 is 12.1 Å². The van der Waals surface area contributed by atoms with Crippen LogP contribution in [0.1, 0.15) is 53.9 Å². The molecule has 2 fully saturated rings. The first-order valence-electron chi connectivity index (χ1n) is 8.29. The summed E-state index contributed by atoms with van der Waals surface area (Å²) >= 11 is 22.3. The van der Waals surface area contributed by atoms with Gasteiger partial charge in [0.1, 0.15) is 11.1 Å². The van der Waals surface area contributed by atoms with Crippen LogP contribution in [0, 0.1) is 5.92 Å². The quantitative estimate of drug-likeness (QED) is 0.454. The maximum absolute atomic E-state index is 11.6. The van der Waals surface area contributed by atoms with Crippen molar-refractivity contribution in [1.29, 1.82) is 0 Å². The Bertz CT molecular complexity index is 649. The van der Waals surface area contributed by atoms with Crippen LogP contribution in [0.2, 0.25) is 0 Å². The molecule has 2 heterocycles. The van der Waals surface area contributed by atoms with E-state index in [2.05, 4.69) is 0 Å². The van der Waals surface area contributed by atoms with E-state index in [1.807, 2.05) is 6.92 Å². The summed E-state index contributed by atoms with van der Waals surface area (Å²) in [7, 11) is 0. The molecule has 0 saturated carbocycles. The number of hydrogen-bond acceptors (Lipinski definition) is 4. The third-order valence-electron chi connectivity index (χ3n) is 4.90. The van der Waals surface area contributed by atoms with E-state index in [0.29, 0.717) is 15.3 Å². The molecule has 0 aromatic rings. The topological polar surface area (TPSA) is 81.2 Å². The lowest BCUT2D eigenvalue weighted by Gasteiger charge is -2.29. The minimum Gasteiger partial charge on any atom is -0.270 e. The first-order valence-corrected chi connectivity index (χ1v) is 9.64. The largest absolute Gasteiger partial charge is 0.357 e. The smallest absolute Gasteiger partial charge is 0.270 e. The molecular formula is C15H22Cl4N4O4. The molecular weight excluding hydrogens is 442 g/mol. The lowest BCUT2D eigenvalue weighted by molar-refractivity contribution is -0.130. The minimum atomic E-state index is -1.04. The van der Waals surface area contributed by atoms with E-state index < -0.39 is 35.0 Å². The molecule has 0 N–H and O–H groups in total. The second-order valence-corrected chi connectivity index (χ2v) is 8.33. The summed E-state index contributed by atoms with van der Waals surface area (Å²) in [5, 5.41) is 0. The maximum atomic E-state index is 11.6. The average molecular weight is 464 g/mol. The van der Waals surface area contributed by atoms with E-state index in [0.717, 1.165) is 21.7 Å². The van der Waals surface area contributed by atoms with Crippen molar-refractivity contribution in [3.8, 4) is 0 Å². The van der Waals surface area contributed by atoms with E-state index in [1.54, 1.807) is 27.7 Å². The second kappa shape index (κ2) is 8.59. The molecule has 0 aromatic heterocycles. The summed E-state index contributed by atoms with van der Waals surface area (Å²) < 4.78 is 2.81. The number of imide groups is 2. The predicted molar refractivity (Wildman–Crippen MR) is 103 cm³/mol. The zero-order valence-electron chi connectivity index (χ0n) is 15.6. The number of amides is 6. The van der Waals surface area contributed by atoms with Crippen LogP contribution in [0.25, 0.3) is 0 Å². The van der Waals surface area contributed by atoms with Gasteiger partial charge in [0.15, 0.2) is 0 Å². The van der Waals surface area contributed by atoms with Gasteiger partial charge in [0.2, 0.25) is 0 Å². The molecule has 0 bridgehead atoms. The van der Waals surface area contributed by atoms with Gasteiger partial charge in [-0.2, -0.15) is 8.84 Å². The van der Waals surface area contributed by atoms with Crippen LogP contribution < -0.4 is 0 Å². The van der Waals surface area contributed by atoms with Gasteiger partial charge < -0.3 is 0 Å². The number of hydrogen-bond donors (Lipinski definition) is 0. The molecule has 2 unspecified atom stereocenters. The van der Waals surface area contributed by atoms with Crippen LogP contribution >= 0.6 is 47.1 Å². The van der Waals surface area contributed by atoms with E-state index in [1.165, 1.54) is 0 Å². The molecule has 2 atom stereocenters. The summed E-state index contributed by atoms with van der Waals surface area (Å²) in [4.78, 5) is 45.6. The maximum Gasteiger partial charge on any atom is 0.357 e. The summed E-state index contributed by atoms with van der Waals surface area (Å²) in [5.74, 6) is -1.03. The van der Waals surface area contributed by atoms with Crippen molar-refractivity contribution in [2.45, 2.75) is 65.0 Å². The standard InChI is InChI=1S/C8H12Cl2N2O2.C7H10Cl2N2O2/c1-3-4-5-8(2)6(13)11(9)7(14)12(8)10;1-4(2)7(3)5(12)10(8)6(13)11(7)9/h3-5H2,1-2H3;4H,1-3H3. The molecule has 2 aliphatic heterocycles. The van der Waals surface area contributed by atoms with E-state index in [9.17, 15) is 19.2 Å². The summed E-state index contributed by atoms with van der Waals surface area (Å²) in [6, 6.07) is -1.36. The van der Waals surface area contributed by atoms with Gasteiger partial charge in [0.25, 0.3) is 11.8 Å². The van der Waals surface area contributed by atoms with Gasteiger partial charge in [0, 0.05) is 47.1 Å². The normalized spacial score (nSPS) is 28.5. The number of nitrogens with zero attached hydrogens (tertiary/aromatic N) is 4. The lowest BCUT2D eigenvalue weighted by atomic mass is 9.89. The van der Waals surface area contributed by atoms with Gasteiger partial charge in [0.05, 0.1) is 0 Å². The lowest BCUT2D eigenvalue weighted by Crippen LogP contribution is -2.46. The van der Waals surface area contributed by atoms with Crippen molar-refractivity contribution in [3.05, 3.63) is 0 Å². The zero-order valence-corrected chi connectivity index (χ0v) is 18.7. The average Bonchev–Trinajstić information content (AvgIpc) is 2.88. The Morgan fingerprint density at radius 2 is 1.30 bits per heavy atom. The first-order chi connectivity index (χ1) is 12.3. The van der Waals surface area contributed by atoms with Crippen LogP contribution in [-0.2, 0) is 9.59 Å². The van der Waals surface area contributed by atoms with Gasteiger partial charge in [-0.25, -0.2) is 18.4 Å². The number of unbranched alkanes of at least 4 members (excludes halogenated alkanes) is 1. The molecule has 0 radical (unpaired) electrons. The highest BCUT2D eigenvalue weighted by Crippen LogP contribution is 2.37. The van der Waals surface area contributed by atoms with Crippen LogP contribution in [-0.4, -0.2) is 52.6 Å². The Labute approximate surface area is 178 Å². The molecule has 0 spiro atoms. The number of rotatable bonds is 4. The summed E-state index contributed by atoms with van der Waals surface area (Å²) in [6.45, 7) is 8.82. The van der Waals surface area contributed by atoms with Crippen molar-refractivity contribution in [2.24, 2.45) is 5.92 Å². The molecule has 154 valence electrons. The van der Waals surface area contributed by atoms with E-state index in [4.69, 9.17) is 47.1 Å². The van der Waals surface area contributed by atoms with Crippen molar-refractivity contribution < 1.29 is 19.2 Å². The van der Waals surface area contributed by atoms with Gasteiger partial charge in [-0.05, 0) is 26.2 Å². The Balaban J connectivity index is 0.000000271. The molecule has 0 aromatic carbocycles. The molecule has 8 nitrogen and oxygen atoms in total. The molecule has 12 heteroatoms. The molecule has 0 aliphatic carbocycles. The van der Waals surface area contributed by atoms with Crippen molar-refractivity contribution >= 4 is 71.0 Å². The van der Waals surface area contributed by atoms with Gasteiger partial charge in [-0.15, -0.1) is 0 Å². The minimum absolute atomic E-state index is 0.0924. The highest BCUT2D eigenvalue weighted by molar-refractivity contribution is 6.39. The Hall–Kier alpha value is -0.960. The molecule has 2 rings (SSSR count). The fraction of sp³-hybridized carbons (Fsp3) is 0.733. The van der Waals surface area contributed by atoms with Crippen LogP contribution in [0.15, 0.2) is 0 Å². The van der Waals surface area contributed by atoms with Gasteiger partial charge in [-0.1, -0.05) is 33.6 Å². The molecule has 27 heavy (non-hydrogen) atoms. The van der Waals surface area contributed by atoms with Crippen molar-refractivity contribution in [3.63, 3.8) is 0 Å². The number of carbonyl (C=O) groups excluding carboxylic acids is 4. The third kappa shape index (κ3) is 3.95. The fourth-order valence-electron chi connectivity index (χ4n) is 2.52. The van der Waals surface area contributed by atoms with Crippen molar-refractivity contribution in [2.75, 3.05) is 0 Å². The highest BCUT2D eigenvalue weighted by Gasteiger charge is 2.56. The Kier molecular flexibility index (Phi) is 7.66. The predicted octanol–water partition coefficient (Wildman–Crippen LogP) is 4.48. The second-order valence-electron chi connectivity index (χ2n) is 6.98. The Morgan fingerprint density at radius 1 is 0.852 bits per heavy atom. The number of urea groups is 2. The van der Waals surface area contributed by atoms with E-state index in [-0.39, 0.29) is 5.92 Å². The Morgan fingerprint density at radius 3 is 1.56 bits per heavy atom.